The lowest BCUT2D eigenvalue weighted by Gasteiger charge is -2.10. The van der Waals surface area contributed by atoms with Crippen LogP contribution in [-0.4, -0.2) is 25.5 Å². The summed E-state index contributed by atoms with van der Waals surface area (Å²) in [4.78, 5) is 11.8. The lowest BCUT2D eigenvalue weighted by molar-refractivity contribution is 0.0930. The predicted molar refractivity (Wildman–Crippen MR) is 57.6 cm³/mol. The normalized spacial score (nSPS) is 11.8. The van der Waals surface area contributed by atoms with Gasteiger partial charge in [0, 0.05) is 25.6 Å². The van der Waals surface area contributed by atoms with Crippen molar-refractivity contribution < 1.29 is 4.79 Å². The van der Waals surface area contributed by atoms with E-state index in [0.717, 1.165) is 0 Å². The molecule has 2 rings (SSSR count). The highest BCUT2D eigenvalue weighted by Crippen LogP contribution is 2.02. The van der Waals surface area contributed by atoms with Crippen molar-refractivity contribution >= 4 is 5.91 Å². The third-order valence-corrected chi connectivity index (χ3v) is 2.15. The van der Waals surface area contributed by atoms with Gasteiger partial charge in [-0.15, -0.1) is 0 Å². The molecule has 0 aliphatic heterocycles. The molecule has 0 aromatic carbocycles. The van der Waals surface area contributed by atoms with Crippen LogP contribution in [0.1, 0.15) is 16.5 Å². The fourth-order valence-electron chi connectivity index (χ4n) is 1.34. The highest BCUT2D eigenvalue weighted by molar-refractivity contribution is 5.93. The maximum Gasteiger partial charge on any atom is 0.256 e. The van der Waals surface area contributed by atoms with Crippen molar-refractivity contribution in [3.8, 4) is 6.07 Å². The zero-order valence-electron chi connectivity index (χ0n) is 9.11. The summed E-state index contributed by atoms with van der Waals surface area (Å²) < 4.78 is 2.89. The summed E-state index contributed by atoms with van der Waals surface area (Å²) in [5.41, 5.74) is 0.403. The average molecular weight is 230 g/mol. The van der Waals surface area contributed by atoms with E-state index in [1.54, 1.807) is 31.7 Å². The summed E-state index contributed by atoms with van der Waals surface area (Å²) in [6.07, 6.45) is 5.34. The SMILES string of the molecule is Cn1cc(C(=O)NC(C#N)n2cccn2)cn1. The summed E-state index contributed by atoms with van der Waals surface area (Å²) in [6.45, 7) is 0. The van der Waals surface area contributed by atoms with Gasteiger partial charge in [-0.2, -0.15) is 15.5 Å². The van der Waals surface area contributed by atoms with Crippen molar-refractivity contribution in [3.05, 3.63) is 36.4 Å². The van der Waals surface area contributed by atoms with Crippen molar-refractivity contribution in [3.63, 3.8) is 0 Å². The van der Waals surface area contributed by atoms with Crippen LogP contribution in [0.5, 0.6) is 0 Å². The van der Waals surface area contributed by atoms with E-state index in [0.29, 0.717) is 5.56 Å². The number of aromatic nitrogens is 4. The number of nitriles is 1. The fraction of sp³-hybridized carbons (Fsp3) is 0.200. The van der Waals surface area contributed by atoms with Crippen molar-refractivity contribution in [2.45, 2.75) is 6.17 Å². The van der Waals surface area contributed by atoms with E-state index in [2.05, 4.69) is 15.5 Å². The molecule has 0 radical (unpaired) electrons. The van der Waals surface area contributed by atoms with Gasteiger partial charge in [0.05, 0.1) is 11.8 Å². The summed E-state index contributed by atoms with van der Waals surface area (Å²) in [5, 5.41) is 19.3. The summed E-state index contributed by atoms with van der Waals surface area (Å²) in [6, 6.07) is 3.63. The van der Waals surface area contributed by atoms with Crippen LogP contribution in [0.25, 0.3) is 0 Å². The first kappa shape index (κ1) is 10.9. The molecule has 0 saturated heterocycles. The first-order chi connectivity index (χ1) is 8.20. The Bertz CT molecular complexity index is 550. The lowest BCUT2D eigenvalue weighted by atomic mass is 10.3. The maximum absolute atomic E-state index is 11.8. The van der Waals surface area contributed by atoms with Crippen LogP contribution in [0.3, 0.4) is 0 Å². The molecule has 1 amide bonds. The van der Waals surface area contributed by atoms with Crippen molar-refractivity contribution in [1.29, 1.82) is 5.26 Å². The number of hydrogen-bond donors (Lipinski definition) is 1. The molecule has 0 aliphatic rings. The van der Waals surface area contributed by atoms with Crippen molar-refractivity contribution in [1.82, 2.24) is 24.9 Å². The van der Waals surface area contributed by atoms with E-state index < -0.39 is 6.17 Å². The number of amides is 1. The Kier molecular flexibility index (Phi) is 2.87. The van der Waals surface area contributed by atoms with Gasteiger partial charge in [-0.05, 0) is 6.07 Å². The third kappa shape index (κ3) is 2.31. The van der Waals surface area contributed by atoms with Gasteiger partial charge in [0.2, 0.25) is 6.17 Å². The van der Waals surface area contributed by atoms with Crippen LogP contribution in [0.2, 0.25) is 0 Å². The quantitative estimate of drug-likeness (QED) is 0.808. The molecule has 1 unspecified atom stereocenters. The molecule has 2 aromatic heterocycles. The molecular formula is C10H10N6O. The molecular weight excluding hydrogens is 220 g/mol. The monoisotopic (exact) mass is 230 g/mol. The molecule has 1 atom stereocenters. The molecule has 86 valence electrons. The standard InChI is InChI=1S/C10H10N6O/c1-15-7-8(6-13-15)10(17)14-9(5-11)16-4-2-3-12-16/h2-4,6-7,9H,1H3,(H,14,17). The number of rotatable bonds is 3. The molecule has 7 nitrogen and oxygen atoms in total. The summed E-state index contributed by atoms with van der Waals surface area (Å²) >= 11 is 0. The average Bonchev–Trinajstić information content (AvgIpc) is 2.96. The van der Waals surface area contributed by atoms with Crippen LogP contribution < -0.4 is 5.32 Å². The van der Waals surface area contributed by atoms with Gasteiger partial charge >= 0.3 is 0 Å². The highest BCUT2D eigenvalue weighted by Gasteiger charge is 2.15. The minimum absolute atomic E-state index is 0.361. The third-order valence-electron chi connectivity index (χ3n) is 2.15. The molecule has 0 spiro atoms. The molecule has 7 heteroatoms. The lowest BCUT2D eigenvalue weighted by Crippen LogP contribution is -2.31. The Balaban J connectivity index is 2.10. The molecule has 0 aliphatic carbocycles. The van der Waals surface area contributed by atoms with Gasteiger partial charge in [0.1, 0.15) is 6.07 Å². The van der Waals surface area contributed by atoms with Crippen LogP contribution in [0.4, 0.5) is 0 Å². The van der Waals surface area contributed by atoms with E-state index in [-0.39, 0.29) is 5.91 Å². The Morgan fingerprint density at radius 1 is 1.59 bits per heavy atom. The number of aryl methyl sites for hydroxylation is 1. The van der Waals surface area contributed by atoms with E-state index in [9.17, 15) is 4.79 Å². The molecule has 1 N–H and O–H groups in total. The van der Waals surface area contributed by atoms with Gasteiger partial charge in [-0.3, -0.25) is 9.48 Å². The van der Waals surface area contributed by atoms with Crippen LogP contribution in [-0.2, 0) is 7.05 Å². The zero-order chi connectivity index (χ0) is 12.3. The highest BCUT2D eigenvalue weighted by atomic mass is 16.1. The first-order valence-electron chi connectivity index (χ1n) is 4.89. The summed E-state index contributed by atoms with van der Waals surface area (Å²) in [7, 11) is 1.71. The van der Waals surface area contributed by atoms with Crippen LogP contribution >= 0.6 is 0 Å². The van der Waals surface area contributed by atoms with Gasteiger partial charge in [-0.1, -0.05) is 0 Å². The topological polar surface area (TPSA) is 88.5 Å². The Morgan fingerprint density at radius 2 is 2.41 bits per heavy atom. The second-order valence-electron chi connectivity index (χ2n) is 3.39. The molecule has 2 aromatic rings. The van der Waals surface area contributed by atoms with Crippen LogP contribution in [0.15, 0.2) is 30.9 Å². The molecule has 2 heterocycles. The Hall–Kier alpha value is -2.62. The van der Waals surface area contributed by atoms with Gasteiger partial charge in [-0.25, -0.2) is 4.68 Å². The smallest absolute Gasteiger partial charge is 0.256 e. The Morgan fingerprint density at radius 3 is 2.94 bits per heavy atom. The molecule has 0 saturated carbocycles. The second-order valence-corrected chi connectivity index (χ2v) is 3.39. The van der Waals surface area contributed by atoms with Gasteiger partial charge < -0.3 is 5.32 Å². The Labute approximate surface area is 97.3 Å². The van der Waals surface area contributed by atoms with Crippen molar-refractivity contribution in [2.75, 3.05) is 0 Å². The number of carbonyl (C=O) groups is 1. The minimum atomic E-state index is -0.822. The van der Waals surface area contributed by atoms with E-state index in [4.69, 9.17) is 5.26 Å². The van der Waals surface area contributed by atoms with Crippen molar-refractivity contribution in [2.24, 2.45) is 7.05 Å². The number of carbonyl (C=O) groups excluding carboxylic acids is 1. The molecule has 0 bridgehead atoms. The van der Waals surface area contributed by atoms with E-state index in [1.165, 1.54) is 15.6 Å². The first-order valence-corrected chi connectivity index (χ1v) is 4.89. The zero-order valence-corrected chi connectivity index (χ0v) is 9.11. The number of hydrogen-bond acceptors (Lipinski definition) is 4. The molecule has 0 fully saturated rings. The second kappa shape index (κ2) is 4.49. The maximum atomic E-state index is 11.8. The van der Waals surface area contributed by atoms with Gasteiger partial charge in [0.15, 0.2) is 0 Å². The van der Waals surface area contributed by atoms with Crippen LogP contribution in [0, 0.1) is 11.3 Å². The fourth-order valence-corrected chi connectivity index (χ4v) is 1.34. The number of nitrogens with one attached hydrogen (secondary N) is 1. The van der Waals surface area contributed by atoms with E-state index >= 15 is 0 Å². The predicted octanol–water partition coefficient (Wildman–Crippen LogP) is 0.0688. The molecule has 17 heavy (non-hydrogen) atoms. The largest absolute Gasteiger partial charge is 0.318 e. The summed E-state index contributed by atoms with van der Waals surface area (Å²) in [5.74, 6) is -0.361. The van der Waals surface area contributed by atoms with E-state index in [1.807, 2.05) is 6.07 Å². The van der Waals surface area contributed by atoms with Gasteiger partial charge in [0.25, 0.3) is 5.91 Å². The minimum Gasteiger partial charge on any atom is -0.318 e. The number of nitrogens with zero attached hydrogens (tertiary/aromatic N) is 5.